The van der Waals surface area contributed by atoms with E-state index in [2.05, 4.69) is 5.32 Å². The van der Waals surface area contributed by atoms with Gasteiger partial charge in [0.2, 0.25) is 5.91 Å². The molecule has 1 amide bonds. The zero-order valence-corrected chi connectivity index (χ0v) is 13.8. The lowest BCUT2D eigenvalue weighted by molar-refractivity contribution is -0.130. The molecule has 1 N–H and O–H groups in total. The Morgan fingerprint density at radius 3 is 2.50 bits per heavy atom. The van der Waals surface area contributed by atoms with Gasteiger partial charge in [-0.3, -0.25) is 4.79 Å². The molecule has 0 radical (unpaired) electrons. The molecule has 0 bridgehead atoms. The third-order valence-corrected chi connectivity index (χ3v) is 4.75. The normalized spacial score (nSPS) is 15.4. The van der Waals surface area contributed by atoms with E-state index in [1.807, 2.05) is 31.2 Å². The molecule has 4 heteroatoms. The van der Waals surface area contributed by atoms with Gasteiger partial charge in [0, 0.05) is 12.1 Å². The van der Waals surface area contributed by atoms with Crippen LogP contribution >= 0.6 is 0 Å². The van der Waals surface area contributed by atoms with Gasteiger partial charge in [-0.15, -0.1) is 0 Å². The maximum atomic E-state index is 13.2. The van der Waals surface area contributed by atoms with Gasteiger partial charge in [-0.05, 0) is 43.5 Å². The summed E-state index contributed by atoms with van der Waals surface area (Å²) in [5.74, 6) is 0.524. The number of carbonyl (C=O) groups excluding carboxylic acids is 1. The predicted molar refractivity (Wildman–Crippen MR) is 91.4 cm³/mol. The number of hydrogen-bond donors (Lipinski definition) is 1. The summed E-state index contributed by atoms with van der Waals surface area (Å²) in [6.07, 6.45) is 2.62. The number of carbonyl (C=O) groups is 1. The van der Waals surface area contributed by atoms with Crippen LogP contribution in [0.3, 0.4) is 0 Å². The first kappa shape index (κ1) is 16.5. The van der Waals surface area contributed by atoms with Crippen LogP contribution in [0.1, 0.15) is 37.3 Å². The summed E-state index contributed by atoms with van der Waals surface area (Å²) < 4.78 is 18.8. The van der Waals surface area contributed by atoms with E-state index in [1.54, 1.807) is 12.1 Å². The molecule has 24 heavy (non-hydrogen) atoms. The molecule has 0 aromatic heterocycles. The van der Waals surface area contributed by atoms with E-state index in [1.165, 1.54) is 12.1 Å². The van der Waals surface area contributed by atoms with E-state index in [9.17, 15) is 9.18 Å². The molecule has 2 aromatic rings. The van der Waals surface area contributed by atoms with Crippen molar-refractivity contribution in [2.75, 3.05) is 6.61 Å². The van der Waals surface area contributed by atoms with E-state index in [4.69, 9.17) is 4.74 Å². The molecule has 1 saturated carbocycles. The Kier molecular flexibility index (Phi) is 4.84. The molecule has 3 nitrogen and oxygen atoms in total. The summed E-state index contributed by atoms with van der Waals surface area (Å²) in [6, 6.07) is 14.0. The zero-order valence-electron chi connectivity index (χ0n) is 13.8. The van der Waals surface area contributed by atoms with Gasteiger partial charge in [0.1, 0.15) is 11.6 Å². The van der Waals surface area contributed by atoms with Crippen molar-refractivity contribution in [1.29, 1.82) is 0 Å². The Hall–Kier alpha value is -2.36. The number of hydrogen-bond acceptors (Lipinski definition) is 2. The summed E-state index contributed by atoms with van der Waals surface area (Å²) in [4.78, 5) is 12.8. The first-order valence-corrected chi connectivity index (χ1v) is 8.41. The average molecular weight is 327 g/mol. The fourth-order valence-electron chi connectivity index (χ4n) is 3.24. The van der Waals surface area contributed by atoms with E-state index in [0.717, 1.165) is 36.1 Å². The molecule has 1 aliphatic carbocycles. The molecule has 0 unspecified atom stereocenters. The van der Waals surface area contributed by atoms with Crippen LogP contribution in [0, 0.1) is 5.82 Å². The van der Waals surface area contributed by atoms with Gasteiger partial charge in [0.25, 0.3) is 0 Å². The summed E-state index contributed by atoms with van der Waals surface area (Å²) >= 11 is 0. The van der Waals surface area contributed by atoms with Gasteiger partial charge < -0.3 is 10.1 Å². The van der Waals surface area contributed by atoms with Gasteiger partial charge in [-0.1, -0.05) is 36.8 Å². The molecule has 1 fully saturated rings. The highest BCUT2D eigenvalue weighted by molar-refractivity contribution is 5.89. The summed E-state index contributed by atoms with van der Waals surface area (Å²) in [6.45, 7) is 2.95. The molecule has 3 rings (SSSR count). The van der Waals surface area contributed by atoms with Crippen LogP contribution in [-0.2, 0) is 16.8 Å². The molecular formula is C20H22FNO2. The Balaban J connectivity index is 1.73. The average Bonchev–Trinajstić information content (AvgIpc) is 2.55. The number of rotatable bonds is 6. The number of para-hydroxylation sites is 1. The van der Waals surface area contributed by atoms with E-state index >= 15 is 0 Å². The molecule has 1 aliphatic rings. The second-order valence-electron chi connectivity index (χ2n) is 6.17. The Morgan fingerprint density at radius 2 is 1.88 bits per heavy atom. The fraction of sp³-hybridized carbons (Fsp3) is 0.350. The van der Waals surface area contributed by atoms with Crippen LogP contribution in [0.2, 0.25) is 0 Å². The number of amides is 1. The van der Waals surface area contributed by atoms with Crippen molar-refractivity contribution in [2.24, 2.45) is 0 Å². The predicted octanol–water partition coefficient (Wildman–Crippen LogP) is 3.96. The van der Waals surface area contributed by atoms with E-state index in [-0.39, 0.29) is 11.7 Å². The number of benzene rings is 2. The third kappa shape index (κ3) is 3.14. The number of halogens is 1. The number of nitrogens with one attached hydrogen (secondary N) is 1. The van der Waals surface area contributed by atoms with Crippen LogP contribution in [0.15, 0.2) is 48.5 Å². The van der Waals surface area contributed by atoms with Crippen LogP contribution in [-0.4, -0.2) is 12.5 Å². The maximum absolute atomic E-state index is 13.2. The summed E-state index contributed by atoms with van der Waals surface area (Å²) in [5.41, 5.74) is 1.33. The van der Waals surface area contributed by atoms with Crippen LogP contribution in [0.4, 0.5) is 4.39 Å². The maximum Gasteiger partial charge on any atom is 0.230 e. The first-order chi connectivity index (χ1) is 11.7. The van der Waals surface area contributed by atoms with Crippen LogP contribution in [0.5, 0.6) is 5.75 Å². The first-order valence-electron chi connectivity index (χ1n) is 8.41. The third-order valence-electron chi connectivity index (χ3n) is 4.75. The Labute approximate surface area is 141 Å². The molecule has 126 valence electrons. The van der Waals surface area contributed by atoms with Crippen molar-refractivity contribution >= 4 is 5.91 Å². The van der Waals surface area contributed by atoms with Crippen molar-refractivity contribution < 1.29 is 13.9 Å². The van der Waals surface area contributed by atoms with Crippen molar-refractivity contribution in [3.05, 3.63) is 65.5 Å². The monoisotopic (exact) mass is 327 g/mol. The van der Waals surface area contributed by atoms with Crippen LogP contribution in [0.25, 0.3) is 0 Å². The van der Waals surface area contributed by atoms with E-state index < -0.39 is 5.41 Å². The van der Waals surface area contributed by atoms with Gasteiger partial charge in [-0.25, -0.2) is 4.39 Å². The molecule has 0 atom stereocenters. The van der Waals surface area contributed by atoms with Gasteiger partial charge in [-0.2, -0.15) is 0 Å². The molecule has 2 aromatic carbocycles. The van der Waals surface area contributed by atoms with Crippen molar-refractivity contribution in [3.8, 4) is 5.75 Å². The smallest absolute Gasteiger partial charge is 0.230 e. The molecule has 0 saturated heterocycles. The van der Waals surface area contributed by atoms with Crippen molar-refractivity contribution in [2.45, 2.75) is 38.1 Å². The lowest BCUT2D eigenvalue weighted by Gasteiger charge is -2.40. The summed E-state index contributed by atoms with van der Waals surface area (Å²) in [5, 5.41) is 3.04. The lowest BCUT2D eigenvalue weighted by atomic mass is 9.64. The van der Waals surface area contributed by atoms with Gasteiger partial charge in [0.15, 0.2) is 0 Å². The Morgan fingerprint density at radius 1 is 1.17 bits per heavy atom. The van der Waals surface area contributed by atoms with Gasteiger partial charge >= 0.3 is 0 Å². The quantitative estimate of drug-likeness (QED) is 0.872. The van der Waals surface area contributed by atoms with Crippen molar-refractivity contribution in [1.82, 2.24) is 5.32 Å². The molecule has 0 heterocycles. The minimum absolute atomic E-state index is 0.00617. The molecular weight excluding hydrogens is 305 g/mol. The number of ether oxygens (including phenoxy) is 1. The fourth-order valence-corrected chi connectivity index (χ4v) is 3.24. The largest absolute Gasteiger partial charge is 0.494 e. The minimum atomic E-state index is -0.520. The van der Waals surface area contributed by atoms with Crippen molar-refractivity contribution in [3.63, 3.8) is 0 Å². The Bertz CT molecular complexity index is 708. The van der Waals surface area contributed by atoms with E-state index in [0.29, 0.717) is 13.2 Å². The second kappa shape index (κ2) is 7.04. The van der Waals surface area contributed by atoms with Crippen LogP contribution < -0.4 is 10.1 Å². The molecule has 0 spiro atoms. The second-order valence-corrected chi connectivity index (χ2v) is 6.17. The zero-order chi connectivity index (χ0) is 17.0. The standard InChI is InChI=1S/C20H22FNO2/c1-2-24-18-7-4-3-6-15(18)14-22-19(23)20(12-5-13-20)16-8-10-17(21)11-9-16/h3-4,6-11H,2,5,12-14H2,1H3,(H,22,23). The lowest BCUT2D eigenvalue weighted by Crippen LogP contribution is -2.49. The summed E-state index contributed by atoms with van der Waals surface area (Å²) in [7, 11) is 0. The van der Waals surface area contributed by atoms with Gasteiger partial charge in [0.05, 0.1) is 12.0 Å². The topological polar surface area (TPSA) is 38.3 Å². The SMILES string of the molecule is CCOc1ccccc1CNC(=O)C1(c2ccc(F)cc2)CCC1. The highest BCUT2D eigenvalue weighted by Crippen LogP contribution is 2.44. The minimum Gasteiger partial charge on any atom is -0.494 e. The highest BCUT2D eigenvalue weighted by Gasteiger charge is 2.45. The molecule has 0 aliphatic heterocycles. The highest BCUT2D eigenvalue weighted by atomic mass is 19.1.